The number of amides is 1. The minimum Gasteiger partial charge on any atom is -0.394 e. The Hall–Kier alpha value is -2.11. The molecular formula is C46H81NO8. The van der Waals surface area contributed by atoms with Crippen molar-refractivity contribution in [2.24, 2.45) is 0 Å². The van der Waals surface area contributed by atoms with Crippen molar-refractivity contribution in [3.63, 3.8) is 0 Å². The molecule has 6 N–H and O–H groups in total. The van der Waals surface area contributed by atoms with E-state index in [-0.39, 0.29) is 12.5 Å². The van der Waals surface area contributed by atoms with Crippen molar-refractivity contribution in [1.82, 2.24) is 5.32 Å². The fraction of sp³-hybridized carbons (Fsp3) is 0.761. The molecule has 7 atom stereocenters. The number of ether oxygens (including phenoxy) is 2. The summed E-state index contributed by atoms with van der Waals surface area (Å²) >= 11 is 0. The summed E-state index contributed by atoms with van der Waals surface area (Å²) in [6.45, 7) is 3.62. The zero-order valence-corrected chi connectivity index (χ0v) is 34.7. The molecule has 0 aromatic rings. The van der Waals surface area contributed by atoms with Crippen LogP contribution in [0.25, 0.3) is 0 Å². The number of rotatable bonds is 35. The summed E-state index contributed by atoms with van der Waals surface area (Å²) in [5, 5.41) is 54.1. The molecule has 318 valence electrons. The third kappa shape index (κ3) is 27.2. The maximum absolute atomic E-state index is 12.9. The van der Waals surface area contributed by atoms with Gasteiger partial charge < -0.3 is 40.3 Å². The smallest absolute Gasteiger partial charge is 0.220 e. The van der Waals surface area contributed by atoms with Crippen LogP contribution in [-0.4, -0.2) is 87.5 Å². The van der Waals surface area contributed by atoms with Crippen molar-refractivity contribution in [2.75, 3.05) is 13.2 Å². The van der Waals surface area contributed by atoms with Gasteiger partial charge in [-0.15, -0.1) is 0 Å². The van der Waals surface area contributed by atoms with E-state index >= 15 is 0 Å². The van der Waals surface area contributed by atoms with Crippen LogP contribution in [0.15, 0.2) is 60.8 Å². The Balaban J connectivity index is 2.43. The zero-order valence-electron chi connectivity index (χ0n) is 34.7. The Labute approximate surface area is 335 Å². The van der Waals surface area contributed by atoms with Crippen LogP contribution in [0.3, 0.4) is 0 Å². The van der Waals surface area contributed by atoms with Gasteiger partial charge in [0.25, 0.3) is 0 Å². The highest BCUT2D eigenvalue weighted by Crippen LogP contribution is 2.22. The standard InChI is InChI=1S/C46H81NO8/c1-3-5-7-9-11-13-15-17-19-20-22-23-25-27-29-31-33-35-40(49)39(38-54-46-45(53)44(52)43(51)41(37-48)55-46)47-42(50)36-34-32-30-28-26-24-21-18-16-14-12-10-8-6-4-2/h6,8,12,14,18,21,26,28,33,35,39-41,43-46,48-49,51-53H,3-5,7,9-11,13,15-17,19-20,22-25,27,29-32,34,36-38H2,1-2H3,(H,47,50)/b8-6-,14-12-,21-18-,28-26-,35-33+. The normalized spacial score (nSPS) is 21.9. The summed E-state index contributed by atoms with van der Waals surface area (Å²) in [4.78, 5) is 12.9. The van der Waals surface area contributed by atoms with Crippen LogP contribution in [-0.2, 0) is 14.3 Å². The Morgan fingerprint density at radius 2 is 1.13 bits per heavy atom. The molecule has 1 aliphatic heterocycles. The lowest BCUT2D eigenvalue weighted by Crippen LogP contribution is -2.60. The number of carbonyl (C=O) groups is 1. The van der Waals surface area contributed by atoms with E-state index in [4.69, 9.17) is 9.47 Å². The summed E-state index contributed by atoms with van der Waals surface area (Å²) in [6.07, 6.45) is 39.8. The van der Waals surface area contributed by atoms with Crippen molar-refractivity contribution in [3.05, 3.63) is 60.8 Å². The molecule has 0 spiro atoms. The van der Waals surface area contributed by atoms with Crippen LogP contribution in [0.4, 0.5) is 0 Å². The first kappa shape index (κ1) is 50.9. The van der Waals surface area contributed by atoms with E-state index in [2.05, 4.69) is 67.8 Å². The number of hydrogen-bond acceptors (Lipinski definition) is 8. The van der Waals surface area contributed by atoms with E-state index in [1.165, 1.54) is 83.5 Å². The van der Waals surface area contributed by atoms with Crippen molar-refractivity contribution < 1.29 is 39.8 Å². The molecule has 1 rings (SSSR count). The number of allylic oxidation sites excluding steroid dienone is 9. The van der Waals surface area contributed by atoms with Crippen LogP contribution in [0.1, 0.15) is 168 Å². The molecule has 1 aliphatic rings. The molecule has 1 amide bonds. The first-order valence-electron chi connectivity index (χ1n) is 22.0. The minimum absolute atomic E-state index is 0.207. The summed E-state index contributed by atoms with van der Waals surface area (Å²) in [6, 6.07) is -0.827. The van der Waals surface area contributed by atoms with E-state index in [0.29, 0.717) is 12.8 Å². The Kier molecular flexibility index (Phi) is 33.5. The Bertz CT molecular complexity index is 1040. The van der Waals surface area contributed by atoms with Gasteiger partial charge in [-0.3, -0.25) is 4.79 Å². The zero-order chi connectivity index (χ0) is 40.2. The summed E-state index contributed by atoms with van der Waals surface area (Å²) in [5.74, 6) is -0.220. The molecule has 0 saturated carbocycles. The third-order valence-electron chi connectivity index (χ3n) is 10.1. The molecule has 0 aromatic heterocycles. The van der Waals surface area contributed by atoms with Gasteiger partial charge in [-0.1, -0.05) is 164 Å². The number of aliphatic hydroxyl groups is 5. The summed E-state index contributed by atoms with van der Waals surface area (Å²) in [7, 11) is 0. The van der Waals surface area contributed by atoms with Gasteiger partial charge in [0.05, 0.1) is 25.4 Å². The first-order chi connectivity index (χ1) is 26.8. The molecule has 0 aromatic carbocycles. The first-order valence-corrected chi connectivity index (χ1v) is 22.0. The second-order valence-electron chi connectivity index (χ2n) is 15.1. The molecule has 0 aliphatic carbocycles. The molecule has 7 unspecified atom stereocenters. The lowest BCUT2D eigenvalue weighted by Gasteiger charge is -2.40. The highest BCUT2D eigenvalue weighted by Gasteiger charge is 2.44. The van der Waals surface area contributed by atoms with Crippen LogP contribution >= 0.6 is 0 Å². The maximum atomic E-state index is 12.9. The molecule has 9 nitrogen and oxygen atoms in total. The van der Waals surface area contributed by atoms with E-state index < -0.39 is 49.5 Å². The Morgan fingerprint density at radius 3 is 1.67 bits per heavy atom. The Morgan fingerprint density at radius 1 is 0.636 bits per heavy atom. The number of hydrogen-bond donors (Lipinski definition) is 6. The van der Waals surface area contributed by atoms with Crippen molar-refractivity contribution in [1.29, 1.82) is 0 Å². The lowest BCUT2D eigenvalue weighted by atomic mass is 9.99. The second-order valence-corrected chi connectivity index (χ2v) is 15.1. The van der Waals surface area contributed by atoms with Gasteiger partial charge in [0.1, 0.15) is 24.4 Å². The molecule has 0 bridgehead atoms. The largest absolute Gasteiger partial charge is 0.394 e. The van der Waals surface area contributed by atoms with Crippen molar-refractivity contribution in [3.8, 4) is 0 Å². The molecule has 1 heterocycles. The van der Waals surface area contributed by atoms with Crippen molar-refractivity contribution >= 4 is 5.91 Å². The van der Waals surface area contributed by atoms with E-state index in [9.17, 15) is 30.3 Å². The highest BCUT2D eigenvalue weighted by molar-refractivity contribution is 5.76. The SMILES string of the molecule is CC/C=C\C/C=C\C/C=C\C/C=C\CCCCC(=O)NC(COC1OC(CO)C(O)C(O)C1O)C(O)/C=C/CCCCCCCCCCCCCCCCC. The van der Waals surface area contributed by atoms with E-state index in [0.717, 1.165) is 57.8 Å². The second kappa shape index (κ2) is 36.2. The topological polar surface area (TPSA) is 149 Å². The number of aliphatic hydroxyl groups excluding tert-OH is 5. The minimum atomic E-state index is -1.58. The van der Waals surface area contributed by atoms with Gasteiger partial charge in [0.15, 0.2) is 6.29 Å². The number of unbranched alkanes of at least 4 members (excludes halogenated alkanes) is 17. The summed E-state index contributed by atoms with van der Waals surface area (Å²) < 4.78 is 11.2. The van der Waals surface area contributed by atoms with E-state index in [1.807, 2.05) is 6.08 Å². The average molecular weight is 776 g/mol. The summed E-state index contributed by atoms with van der Waals surface area (Å²) in [5.41, 5.74) is 0. The van der Waals surface area contributed by atoms with Crippen LogP contribution in [0.5, 0.6) is 0 Å². The van der Waals surface area contributed by atoms with Gasteiger partial charge >= 0.3 is 0 Å². The molecule has 0 radical (unpaired) electrons. The predicted molar refractivity (Wildman–Crippen MR) is 226 cm³/mol. The molecule has 1 saturated heterocycles. The fourth-order valence-corrected chi connectivity index (χ4v) is 6.56. The van der Waals surface area contributed by atoms with Crippen LogP contribution < -0.4 is 5.32 Å². The van der Waals surface area contributed by atoms with Crippen molar-refractivity contribution in [2.45, 2.75) is 211 Å². The monoisotopic (exact) mass is 776 g/mol. The molecular weight excluding hydrogens is 695 g/mol. The van der Waals surface area contributed by atoms with Crippen LogP contribution in [0.2, 0.25) is 0 Å². The average Bonchev–Trinajstić information content (AvgIpc) is 3.18. The van der Waals surface area contributed by atoms with Gasteiger partial charge in [0.2, 0.25) is 5.91 Å². The third-order valence-corrected chi connectivity index (χ3v) is 10.1. The lowest BCUT2D eigenvalue weighted by molar-refractivity contribution is -0.302. The van der Waals surface area contributed by atoms with Gasteiger partial charge in [-0.05, 0) is 57.8 Å². The van der Waals surface area contributed by atoms with Gasteiger partial charge in [-0.2, -0.15) is 0 Å². The highest BCUT2D eigenvalue weighted by atomic mass is 16.7. The number of nitrogens with one attached hydrogen (secondary N) is 1. The maximum Gasteiger partial charge on any atom is 0.220 e. The fourth-order valence-electron chi connectivity index (χ4n) is 6.56. The van der Waals surface area contributed by atoms with E-state index in [1.54, 1.807) is 6.08 Å². The predicted octanol–water partition coefficient (Wildman–Crippen LogP) is 8.83. The van der Waals surface area contributed by atoms with Gasteiger partial charge in [0, 0.05) is 6.42 Å². The van der Waals surface area contributed by atoms with Crippen LogP contribution in [0, 0.1) is 0 Å². The molecule has 1 fully saturated rings. The quantitative estimate of drug-likeness (QED) is 0.0277. The van der Waals surface area contributed by atoms with Gasteiger partial charge in [-0.25, -0.2) is 0 Å². The number of carbonyl (C=O) groups excluding carboxylic acids is 1. The molecule has 55 heavy (non-hydrogen) atoms. The molecule has 9 heteroatoms.